The summed E-state index contributed by atoms with van der Waals surface area (Å²) in [7, 11) is 3.13. The molecule has 0 aliphatic carbocycles. The van der Waals surface area contributed by atoms with Gasteiger partial charge in [-0.15, -0.1) is 0 Å². The number of aliphatic hydroxyl groups is 1. The highest BCUT2D eigenvalue weighted by molar-refractivity contribution is 5.71. The van der Waals surface area contributed by atoms with Crippen molar-refractivity contribution in [1.82, 2.24) is 4.90 Å². The molecule has 0 aliphatic rings. The van der Waals surface area contributed by atoms with E-state index in [1.165, 1.54) is 11.8 Å². The van der Waals surface area contributed by atoms with Crippen molar-refractivity contribution in [3.63, 3.8) is 0 Å². The Hall–Kier alpha value is -2.44. The molecule has 0 aromatic rings. The van der Waals surface area contributed by atoms with Gasteiger partial charge in [-0.1, -0.05) is 0 Å². The average Bonchev–Trinajstić information content (AvgIpc) is 2.80. The van der Waals surface area contributed by atoms with Gasteiger partial charge in [-0.25, -0.2) is 4.79 Å². The lowest BCUT2D eigenvalue weighted by Gasteiger charge is -2.27. The molecule has 0 rings (SSSR count). The van der Waals surface area contributed by atoms with Gasteiger partial charge < -0.3 is 38.4 Å². The molecule has 1 N–H and O–H groups in total. The van der Waals surface area contributed by atoms with Gasteiger partial charge in [0, 0.05) is 53.0 Å². The summed E-state index contributed by atoms with van der Waals surface area (Å²) in [5.41, 5.74) is -0.702. The van der Waals surface area contributed by atoms with Crippen LogP contribution in [-0.4, -0.2) is 107 Å². The lowest BCUT2D eigenvalue weighted by atomic mass is 10.2. The predicted molar refractivity (Wildman–Crippen MR) is 133 cm³/mol. The van der Waals surface area contributed by atoms with E-state index in [0.717, 1.165) is 0 Å². The van der Waals surface area contributed by atoms with Gasteiger partial charge >= 0.3 is 24.0 Å². The van der Waals surface area contributed by atoms with E-state index in [1.54, 1.807) is 35.0 Å². The van der Waals surface area contributed by atoms with Crippen molar-refractivity contribution in [3.8, 4) is 0 Å². The number of methoxy groups -OCH3 is 2. The zero-order valence-electron chi connectivity index (χ0n) is 23.1. The van der Waals surface area contributed by atoms with Crippen LogP contribution < -0.4 is 0 Å². The van der Waals surface area contributed by atoms with Crippen LogP contribution in [0.4, 0.5) is 4.79 Å². The van der Waals surface area contributed by atoms with E-state index in [9.17, 15) is 24.3 Å². The standard InChI is InChI=1S/C25H45NO11/c1-19(28)34-16-20(13-27)17-35-22(29)9-7-11-26(24(31)37-25(2,3)4)12-8-10-23(30)36-18-21(14-32-5)15-33-6/h20-21,27H,7-18H2,1-6H3. The van der Waals surface area contributed by atoms with Crippen LogP contribution in [0.1, 0.15) is 53.4 Å². The predicted octanol–water partition coefficient (Wildman–Crippen LogP) is 1.95. The number of esters is 3. The minimum atomic E-state index is -0.702. The number of hydrogen-bond acceptors (Lipinski definition) is 11. The Balaban J connectivity index is 4.63. The number of hydrogen-bond donors (Lipinski definition) is 1. The van der Waals surface area contributed by atoms with E-state index < -0.39 is 35.5 Å². The second-order valence-electron chi connectivity index (χ2n) is 9.67. The largest absolute Gasteiger partial charge is 0.465 e. The third-order valence-corrected chi connectivity index (χ3v) is 4.81. The van der Waals surface area contributed by atoms with Crippen LogP contribution in [0, 0.1) is 11.8 Å². The van der Waals surface area contributed by atoms with E-state index in [2.05, 4.69) is 0 Å². The number of carbonyl (C=O) groups is 4. The third kappa shape index (κ3) is 19.4. The minimum Gasteiger partial charge on any atom is -0.465 e. The fraction of sp³-hybridized carbons (Fsp3) is 0.840. The average molecular weight is 536 g/mol. The highest BCUT2D eigenvalue weighted by Crippen LogP contribution is 2.12. The van der Waals surface area contributed by atoms with E-state index in [1.807, 2.05) is 0 Å². The van der Waals surface area contributed by atoms with Crippen molar-refractivity contribution >= 4 is 24.0 Å². The first kappa shape index (κ1) is 34.6. The molecule has 1 unspecified atom stereocenters. The Bertz CT molecular complexity index is 672. The van der Waals surface area contributed by atoms with Crippen LogP contribution in [-0.2, 0) is 42.8 Å². The highest BCUT2D eigenvalue weighted by atomic mass is 16.6. The first-order valence-corrected chi connectivity index (χ1v) is 12.4. The molecule has 0 bridgehead atoms. The topological polar surface area (TPSA) is 147 Å². The summed E-state index contributed by atoms with van der Waals surface area (Å²) in [6, 6.07) is 0. The fourth-order valence-corrected chi connectivity index (χ4v) is 3.02. The van der Waals surface area contributed by atoms with Gasteiger partial charge in [-0.3, -0.25) is 14.4 Å². The minimum absolute atomic E-state index is 0.0352. The molecule has 216 valence electrons. The Morgan fingerprint density at radius 1 is 0.757 bits per heavy atom. The summed E-state index contributed by atoms with van der Waals surface area (Å²) in [6.07, 6.45) is 0.269. The van der Waals surface area contributed by atoms with Crippen molar-refractivity contribution in [3.05, 3.63) is 0 Å². The molecule has 0 saturated carbocycles. The molecule has 0 fully saturated rings. The Labute approximate surface area is 219 Å². The number of aliphatic hydroxyl groups excluding tert-OH is 1. The maximum Gasteiger partial charge on any atom is 0.410 e. The van der Waals surface area contributed by atoms with Gasteiger partial charge in [-0.2, -0.15) is 0 Å². The quantitative estimate of drug-likeness (QED) is 0.191. The molecule has 0 aliphatic heterocycles. The van der Waals surface area contributed by atoms with Crippen molar-refractivity contribution in [2.45, 2.75) is 59.0 Å². The maximum absolute atomic E-state index is 12.6. The van der Waals surface area contributed by atoms with Crippen LogP contribution in [0.15, 0.2) is 0 Å². The highest BCUT2D eigenvalue weighted by Gasteiger charge is 2.23. The summed E-state index contributed by atoms with van der Waals surface area (Å²) >= 11 is 0. The van der Waals surface area contributed by atoms with Gasteiger partial charge in [0.05, 0.1) is 45.6 Å². The summed E-state index contributed by atoms with van der Waals surface area (Å²) in [5, 5.41) is 9.30. The SMILES string of the molecule is COCC(COC)COC(=O)CCCN(CCCC(=O)OCC(CO)COC(C)=O)C(=O)OC(C)(C)C. The first-order valence-electron chi connectivity index (χ1n) is 12.4. The summed E-state index contributed by atoms with van der Waals surface area (Å²) in [4.78, 5) is 49.2. The van der Waals surface area contributed by atoms with Crippen molar-refractivity contribution < 1.29 is 52.7 Å². The molecule has 12 nitrogen and oxygen atoms in total. The molecule has 1 atom stereocenters. The molecule has 0 aromatic carbocycles. The van der Waals surface area contributed by atoms with Gasteiger partial charge in [0.15, 0.2) is 0 Å². The van der Waals surface area contributed by atoms with E-state index >= 15 is 0 Å². The molecular weight excluding hydrogens is 490 g/mol. The Kier molecular flexibility index (Phi) is 18.3. The van der Waals surface area contributed by atoms with E-state index in [-0.39, 0.29) is 58.3 Å². The number of ether oxygens (including phenoxy) is 6. The second-order valence-corrected chi connectivity index (χ2v) is 9.67. The van der Waals surface area contributed by atoms with Crippen molar-refractivity contribution in [2.24, 2.45) is 11.8 Å². The molecule has 12 heteroatoms. The summed E-state index contributed by atoms with van der Waals surface area (Å²) < 4.78 is 30.9. The number of nitrogens with zero attached hydrogens (tertiary/aromatic N) is 1. The van der Waals surface area contributed by atoms with Crippen LogP contribution >= 0.6 is 0 Å². The first-order chi connectivity index (χ1) is 17.4. The van der Waals surface area contributed by atoms with Gasteiger partial charge in [-0.05, 0) is 33.6 Å². The molecule has 0 aromatic heterocycles. The monoisotopic (exact) mass is 535 g/mol. The lowest BCUT2D eigenvalue weighted by Crippen LogP contribution is -2.38. The molecule has 0 heterocycles. The third-order valence-electron chi connectivity index (χ3n) is 4.81. The lowest BCUT2D eigenvalue weighted by molar-refractivity contribution is -0.149. The molecule has 0 radical (unpaired) electrons. The molecular formula is C25H45NO11. The van der Waals surface area contributed by atoms with Gasteiger partial charge in [0.1, 0.15) is 5.60 Å². The molecule has 37 heavy (non-hydrogen) atoms. The molecule has 0 saturated heterocycles. The van der Waals surface area contributed by atoms with Crippen LogP contribution in [0.5, 0.6) is 0 Å². The number of carbonyl (C=O) groups excluding carboxylic acids is 4. The smallest absolute Gasteiger partial charge is 0.410 e. The second kappa shape index (κ2) is 19.6. The van der Waals surface area contributed by atoms with Crippen molar-refractivity contribution in [2.75, 3.05) is 67.0 Å². The summed E-state index contributed by atoms with van der Waals surface area (Å²) in [5.74, 6) is -1.95. The number of amides is 1. The number of rotatable bonds is 19. The normalized spacial score (nSPS) is 12.1. The van der Waals surface area contributed by atoms with Crippen LogP contribution in [0.3, 0.4) is 0 Å². The van der Waals surface area contributed by atoms with Crippen LogP contribution in [0.25, 0.3) is 0 Å². The van der Waals surface area contributed by atoms with E-state index in [0.29, 0.717) is 26.1 Å². The van der Waals surface area contributed by atoms with Gasteiger partial charge in [0.25, 0.3) is 0 Å². The summed E-state index contributed by atoms with van der Waals surface area (Å²) in [6.45, 7) is 7.53. The maximum atomic E-state index is 12.6. The fourth-order valence-electron chi connectivity index (χ4n) is 3.02. The zero-order valence-corrected chi connectivity index (χ0v) is 23.1. The Morgan fingerprint density at radius 3 is 1.62 bits per heavy atom. The molecule has 1 amide bonds. The van der Waals surface area contributed by atoms with Crippen LogP contribution in [0.2, 0.25) is 0 Å². The zero-order chi connectivity index (χ0) is 28.3. The molecule has 0 spiro atoms. The van der Waals surface area contributed by atoms with Crippen molar-refractivity contribution in [1.29, 1.82) is 0 Å². The van der Waals surface area contributed by atoms with E-state index in [4.69, 9.17) is 28.4 Å². The Morgan fingerprint density at radius 2 is 1.22 bits per heavy atom. The van der Waals surface area contributed by atoms with Gasteiger partial charge in [0.2, 0.25) is 0 Å².